The van der Waals surface area contributed by atoms with Gasteiger partial charge in [-0.05, 0) is 89.5 Å². The maximum atomic E-state index is 12.5. The lowest BCUT2D eigenvalue weighted by Gasteiger charge is -2.14. The summed E-state index contributed by atoms with van der Waals surface area (Å²) in [4.78, 5) is 34.7. The van der Waals surface area contributed by atoms with Gasteiger partial charge in [-0.1, -0.05) is 119 Å². The van der Waals surface area contributed by atoms with E-state index in [1.807, 2.05) is 6.08 Å². The number of rotatable bonds is 30. The Morgan fingerprint density at radius 3 is 1.74 bits per heavy atom. The molecule has 0 aromatic heterocycles. The Labute approximate surface area is 280 Å². The van der Waals surface area contributed by atoms with Crippen LogP contribution in [0.2, 0.25) is 0 Å². The van der Waals surface area contributed by atoms with Crippen molar-refractivity contribution in [2.24, 2.45) is 0 Å². The normalized spacial score (nSPS) is 13.1. The highest BCUT2D eigenvalue weighted by Gasteiger charge is 2.11. The van der Waals surface area contributed by atoms with Crippen molar-refractivity contribution in [3.8, 4) is 0 Å². The molecule has 1 amide bonds. The van der Waals surface area contributed by atoms with Crippen molar-refractivity contribution in [2.75, 3.05) is 6.54 Å². The van der Waals surface area contributed by atoms with Crippen molar-refractivity contribution in [2.45, 2.75) is 142 Å². The van der Waals surface area contributed by atoms with Crippen molar-refractivity contribution < 1.29 is 24.2 Å². The van der Waals surface area contributed by atoms with Crippen molar-refractivity contribution in [3.05, 3.63) is 85.1 Å². The summed E-state index contributed by atoms with van der Waals surface area (Å²) in [5.41, 5.74) is 0. The molecule has 6 heteroatoms. The molecule has 0 saturated carbocycles. The van der Waals surface area contributed by atoms with E-state index in [2.05, 4.69) is 98.2 Å². The van der Waals surface area contributed by atoms with Crippen LogP contribution in [0.25, 0.3) is 0 Å². The summed E-state index contributed by atoms with van der Waals surface area (Å²) in [6.07, 6.45) is 47.2. The molecule has 0 aliphatic rings. The second kappa shape index (κ2) is 34.5. The number of carboxylic acid groups (broad SMARTS) is 1. The standard InChI is InChI=1S/C40H63NO5/c1-3-5-7-9-11-12-13-14-15-16-17-18-19-20-21-22-23-25-31-35-40(45)46-37(32-28-24-10-8-6-4-2)33-29-26-27-30-34-38(42)41-36-39(43)44/h5,7-8,10-12,14-15,17-18,20-21,28,32,37H,3-4,6,9,13,16,19,22-27,29-31,33-36H2,1-2H3,(H,41,42)(H,43,44)/b7-5-,10-8-,12-11-,15-14-,18-17-,21-20-,32-28-. The van der Waals surface area contributed by atoms with Crippen LogP contribution in [0.15, 0.2) is 85.1 Å². The van der Waals surface area contributed by atoms with Gasteiger partial charge in [0.05, 0.1) is 0 Å². The summed E-state index contributed by atoms with van der Waals surface area (Å²) < 4.78 is 5.81. The van der Waals surface area contributed by atoms with Crippen molar-refractivity contribution >= 4 is 17.8 Å². The van der Waals surface area contributed by atoms with E-state index >= 15 is 0 Å². The smallest absolute Gasteiger partial charge is 0.322 e. The van der Waals surface area contributed by atoms with Gasteiger partial charge in [0.2, 0.25) is 5.91 Å². The summed E-state index contributed by atoms with van der Waals surface area (Å²) in [6, 6.07) is 0. The van der Waals surface area contributed by atoms with Crippen LogP contribution in [0.3, 0.4) is 0 Å². The Bertz CT molecular complexity index is 970. The molecule has 0 aromatic carbocycles. The molecule has 0 saturated heterocycles. The molecule has 0 aliphatic heterocycles. The van der Waals surface area contributed by atoms with Gasteiger partial charge in [0, 0.05) is 12.8 Å². The summed E-state index contributed by atoms with van der Waals surface area (Å²) in [6.45, 7) is 3.97. The van der Waals surface area contributed by atoms with Crippen LogP contribution in [0.4, 0.5) is 0 Å². The minimum atomic E-state index is -1.04. The number of unbranched alkanes of at least 4 members (excludes halogenated alkanes) is 7. The topological polar surface area (TPSA) is 92.7 Å². The molecular formula is C40H63NO5. The first kappa shape index (κ1) is 42.6. The van der Waals surface area contributed by atoms with Gasteiger partial charge >= 0.3 is 11.9 Å². The van der Waals surface area contributed by atoms with Crippen LogP contribution >= 0.6 is 0 Å². The number of allylic oxidation sites excluding steroid dienone is 13. The molecule has 258 valence electrons. The average Bonchev–Trinajstić information content (AvgIpc) is 3.04. The van der Waals surface area contributed by atoms with Gasteiger partial charge in [-0.2, -0.15) is 0 Å². The Balaban J connectivity index is 4.16. The number of nitrogens with one attached hydrogen (secondary N) is 1. The zero-order chi connectivity index (χ0) is 33.8. The van der Waals surface area contributed by atoms with Gasteiger partial charge in [-0.25, -0.2) is 0 Å². The maximum Gasteiger partial charge on any atom is 0.322 e. The molecule has 0 rings (SSSR count). The fraction of sp³-hybridized carbons (Fsp3) is 0.575. The summed E-state index contributed by atoms with van der Waals surface area (Å²) in [5.74, 6) is -1.41. The highest BCUT2D eigenvalue weighted by atomic mass is 16.5. The van der Waals surface area contributed by atoms with Gasteiger partial charge in [0.1, 0.15) is 12.6 Å². The van der Waals surface area contributed by atoms with Crippen LogP contribution in [0, 0.1) is 0 Å². The summed E-state index contributed by atoms with van der Waals surface area (Å²) in [7, 11) is 0. The number of carbonyl (C=O) groups is 3. The largest absolute Gasteiger partial charge is 0.480 e. The zero-order valence-electron chi connectivity index (χ0n) is 28.9. The predicted molar refractivity (Wildman–Crippen MR) is 194 cm³/mol. The van der Waals surface area contributed by atoms with Gasteiger partial charge < -0.3 is 15.2 Å². The van der Waals surface area contributed by atoms with E-state index in [-0.39, 0.29) is 24.5 Å². The quantitative estimate of drug-likeness (QED) is 0.0464. The monoisotopic (exact) mass is 637 g/mol. The number of carboxylic acids is 1. The molecule has 2 N–H and O–H groups in total. The molecular weight excluding hydrogens is 574 g/mol. The van der Waals surface area contributed by atoms with Crippen LogP contribution < -0.4 is 5.32 Å². The third kappa shape index (κ3) is 33.5. The number of hydrogen-bond acceptors (Lipinski definition) is 4. The van der Waals surface area contributed by atoms with Gasteiger partial charge in [-0.3, -0.25) is 14.4 Å². The number of amides is 1. The van der Waals surface area contributed by atoms with E-state index in [1.165, 1.54) is 0 Å². The molecule has 0 spiro atoms. The first-order chi connectivity index (χ1) is 22.5. The van der Waals surface area contributed by atoms with Crippen LogP contribution in [-0.2, 0) is 19.1 Å². The summed E-state index contributed by atoms with van der Waals surface area (Å²) >= 11 is 0. The molecule has 0 radical (unpaired) electrons. The van der Waals surface area contributed by atoms with Crippen molar-refractivity contribution in [1.82, 2.24) is 5.32 Å². The molecule has 1 unspecified atom stereocenters. The molecule has 1 atom stereocenters. The van der Waals surface area contributed by atoms with E-state index in [9.17, 15) is 14.4 Å². The highest BCUT2D eigenvalue weighted by Crippen LogP contribution is 2.14. The van der Waals surface area contributed by atoms with E-state index in [0.717, 1.165) is 103 Å². The van der Waals surface area contributed by atoms with Crippen LogP contribution in [0.5, 0.6) is 0 Å². The van der Waals surface area contributed by atoms with Gasteiger partial charge in [0.15, 0.2) is 0 Å². The van der Waals surface area contributed by atoms with Gasteiger partial charge in [-0.15, -0.1) is 0 Å². The predicted octanol–water partition coefficient (Wildman–Crippen LogP) is 10.4. The fourth-order valence-corrected chi connectivity index (χ4v) is 4.44. The molecule has 46 heavy (non-hydrogen) atoms. The minimum absolute atomic E-state index is 0.138. The molecule has 0 fully saturated rings. The minimum Gasteiger partial charge on any atom is -0.480 e. The van der Waals surface area contributed by atoms with Crippen LogP contribution in [-0.4, -0.2) is 35.6 Å². The third-order valence-corrected chi connectivity index (χ3v) is 7.02. The van der Waals surface area contributed by atoms with Crippen LogP contribution in [0.1, 0.15) is 136 Å². The van der Waals surface area contributed by atoms with E-state index in [1.54, 1.807) is 0 Å². The number of carbonyl (C=O) groups excluding carboxylic acids is 2. The maximum absolute atomic E-state index is 12.5. The Hall–Kier alpha value is -3.41. The number of esters is 1. The lowest BCUT2D eigenvalue weighted by molar-refractivity contribution is -0.147. The third-order valence-electron chi connectivity index (χ3n) is 7.02. The molecule has 6 nitrogen and oxygen atoms in total. The van der Waals surface area contributed by atoms with Crippen molar-refractivity contribution in [3.63, 3.8) is 0 Å². The molecule has 0 heterocycles. The Morgan fingerprint density at radius 2 is 1.13 bits per heavy atom. The second-order valence-corrected chi connectivity index (χ2v) is 11.4. The van der Waals surface area contributed by atoms with Crippen molar-refractivity contribution in [1.29, 1.82) is 0 Å². The SMILES string of the molecule is CC/C=C\C/C=C\C/C=C\C/C=C\C/C=C\CCCCCC(=O)OC(/C=C\C/C=C\CCC)CCCCCCC(=O)NCC(=O)O. The second-order valence-electron chi connectivity index (χ2n) is 11.4. The lowest BCUT2D eigenvalue weighted by Crippen LogP contribution is -2.28. The molecule has 0 bridgehead atoms. The number of ether oxygens (including phenoxy) is 1. The highest BCUT2D eigenvalue weighted by molar-refractivity contribution is 5.80. The first-order valence-electron chi connectivity index (χ1n) is 17.7. The Morgan fingerprint density at radius 1 is 0.609 bits per heavy atom. The fourth-order valence-electron chi connectivity index (χ4n) is 4.44. The zero-order valence-corrected chi connectivity index (χ0v) is 28.9. The van der Waals surface area contributed by atoms with E-state index < -0.39 is 5.97 Å². The van der Waals surface area contributed by atoms with Gasteiger partial charge in [0.25, 0.3) is 0 Å². The number of hydrogen-bond donors (Lipinski definition) is 2. The van der Waals surface area contributed by atoms with E-state index in [4.69, 9.17) is 9.84 Å². The Kier molecular flexibility index (Phi) is 31.9. The molecule has 0 aliphatic carbocycles. The molecule has 0 aromatic rings. The average molecular weight is 638 g/mol. The first-order valence-corrected chi connectivity index (χ1v) is 17.7. The summed E-state index contributed by atoms with van der Waals surface area (Å²) in [5, 5.41) is 11.0. The number of aliphatic carboxylic acids is 1. The van der Waals surface area contributed by atoms with E-state index in [0.29, 0.717) is 19.3 Å². The lowest BCUT2D eigenvalue weighted by atomic mass is 10.1.